The quantitative estimate of drug-likeness (QED) is 0.241. The van der Waals surface area contributed by atoms with Crippen LogP contribution < -0.4 is 5.32 Å². The molecular weight excluding hydrogens is 462 g/mol. The number of nitrogens with one attached hydrogen (secondary N) is 1. The molecule has 3 rings (SSSR count). The summed E-state index contributed by atoms with van der Waals surface area (Å²) in [6.07, 6.45) is 3.04. The van der Waals surface area contributed by atoms with Crippen LogP contribution in [0.4, 0.5) is 4.79 Å². The Morgan fingerprint density at radius 1 is 1.12 bits per heavy atom. The third-order valence-electron chi connectivity index (χ3n) is 4.34. The van der Waals surface area contributed by atoms with Gasteiger partial charge in [0.1, 0.15) is 12.2 Å². The second-order valence-corrected chi connectivity index (χ2v) is 10.5. The number of fused-ring (bicyclic) bond motifs is 1. The van der Waals surface area contributed by atoms with Gasteiger partial charge in [-0.3, -0.25) is 4.79 Å². The lowest BCUT2D eigenvalue weighted by Gasteiger charge is -2.19. The van der Waals surface area contributed by atoms with Crippen LogP contribution in [0.5, 0.6) is 0 Å². The molecule has 0 atom stereocenters. The van der Waals surface area contributed by atoms with Gasteiger partial charge in [0.2, 0.25) is 4.96 Å². The predicted molar refractivity (Wildman–Crippen MR) is 127 cm³/mol. The van der Waals surface area contributed by atoms with Gasteiger partial charge < -0.3 is 14.8 Å². The molecule has 3 aromatic rings. The number of hydrogen-bond donors (Lipinski definition) is 1. The van der Waals surface area contributed by atoms with Gasteiger partial charge in [-0.1, -0.05) is 59.9 Å². The van der Waals surface area contributed by atoms with Crippen LogP contribution in [0.3, 0.4) is 0 Å². The highest BCUT2D eigenvalue weighted by molar-refractivity contribution is 8.01. The molecule has 0 saturated heterocycles. The Morgan fingerprint density at radius 3 is 2.67 bits per heavy atom. The molecule has 0 aliphatic carbocycles. The number of aromatic nitrogens is 4. The minimum atomic E-state index is -0.490. The van der Waals surface area contributed by atoms with Crippen LogP contribution in [0.2, 0.25) is 0 Å². The fourth-order valence-corrected chi connectivity index (χ4v) is 4.54. The molecule has 0 saturated carbocycles. The molecule has 0 radical (unpaired) electrons. The molecule has 0 unspecified atom stereocenters. The molecule has 0 aliphatic heterocycles. The first-order valence-corrected chi connectivity index (χ1v) is 12.6. The van der Waals surface area contributed by atoms with Gasteiger partial charge >= 0.3 is 12.1 Å². The summed E-state index contributed by atoms with van der Waals surface area (Å²) in [6, 6.07) is 9.59. The van der Waals surface area contributed by atoms with Crippen LogP contribution >= 0.6 is 23.1 Å². The standard InChI is InChI=1S/C22H29N5O4S2/c1-22(2,3)31-20(29)23-13-9-5-8-12-17-24-25-19-27(17)26-21(33-19)32-15-18(28)30-14-16-10-6-4-7-11-16/h4,6-7,10-11H,5,8-9,12-15H2,1-3H3,(H,23,29). The molecule has 2 heterocycles. The Bertz CT molecular complexity index is 1050. The van der Waals surface area contributed by atoms with E-state index in [0.29, 0.717) is 11.5 Å². The lowest BCUT2D eigenvalue weighted by atomic mass is 10.2. The molecule has 1 N–H and O–H groups in total. The summed E-state index contributed by atoms with van der Waals surface area (Å²) in [5.41, 5.74) is 0.468. The Labute approximate surface area is 201 Å². The van der Waals surface area contributed by atoms with Crippen molar-refractivity contribution in [3.05, 3.63) is 41.7 Å². The molecule has 178 valence electrons. The van der Waals surface area contributed by atoms with E-state index in [4.69, 9.17) is 9.47 Å². The fraction of sp³-hybridized carbons (Fsp3) is 0.500. The van der Waals surface area contributed by atoms with E-state index in [2.05, 4.69) is 20.6 Å². The van der Waals surface area contributed by atoms with Crippen molar-refractivity contribution >= 4 is 40.1 Å². The van der Waals surface area contributed by atoms with Gasteiger partial charge in [0, 0.05) is 13.0 Å². The normalized spacial score (nSPS) is 11.5. The van der Waals surface area contributed by atoms with Gasteiger partial charge in [0.15, 0.2) is 10.2 Å². The molecule has 0 bridgehead atoms. The number of aryl methyl sites for hydroxylation is 1. The van der Waals surface area contributed by atoms with E-state index in [1.165, 1.54) is 23.1 Å². The molecule has 9 nitrogen and oxygen atoms in total. The third kappa shape index (κ3) is 8.65. The summed E-state index contributed by atoms with van der Waals surface area (Å²) >= 11 is 2.74. The van der Waals surface area contributed by atoms with Crippen molar-refractivity contribution in [2.75, 3.05) is 12.3 Å². The maximum Gasteiger partial charge on any atom is 0.407 e. The number of thioether (sulfide) groups is 1. The third-order valence-corrected chi connectivity index (χ3v) is 6.34. The summed E-state index contributed by atoms with van der Waals surface area (Å²) in [5, 5.41) is 15.7. The lowest BCUT2D eigenvalue weighted by Crippen LogP contribution is -2.32. The van der Waals surface area contributed by atoms with E-state index in [1.807, 2.05) is 51.1 Å². The smallest absolute Gasteiger partial charge is 0.407 e. The first kappa shape index (κ1) is 25.0. The average molecular weight is 492 g/mol. The van der Waals surface area contributed by atoms with E-state index in [9.17, 15) is 9.59 Å². The van der Waals surface area contributed by atoms with Crippen LogP contribution in [-0.4, -0.2) is 49.8 Å². The molecule has 11 heteroatoms. The fourth-order valence-electron chi connectivity index (χ4n) is 2.84. The number of benzene rings is 1. The topological polar surface area (TPSA) is 108 Å². The van der Waals surface area contributed by atoms with Crippen LogP contribution in [0.15, 0.2) is 34.7 Å². The van der Waals surface area contributed by atoms with E-state index in [1.54, 1.807) is 4.52 Å². The van der Waals surface area contributed by atoms with Crippen LogP contribution in [0.1, 0.15) is 51.4 Å². The molecular formula is C22H29N5O4S2. The minimum absolute atomic E-state index is 0.191. The first-order valence-electron chi connectivity index (χ1n) is 10.8. The van der Waals surface area contributed by atoms with Gasteiger partial charge in [-0.15, -0.1) is 15.3 Å². The highest BCUT2D eigenvalue weighted by atomic mass is 32.2. The van der Waals surface area contributed by atoms with Crippen LogP contribution in [0, 0.1) is 0 Å². The van der Waals surface area contributed by atoms with Crippen molar-refractivity contribution < 1.29 is 19.1 Å². The van der Waals surface area contributed by atoms with Crippen molar-refractivity contribution in [2.45, 2.75) is 63.0 Å². The predicted octanol–water partition coefficient (Wildman–Crippen LogP) is 4.26. The average Bonchev–Trinajstić information content (AvgIpc) is 3.33. The Hall–Kier alpha value is -2.66. The van der Waals surface area contributed by atoms with Gasteiger partial charge in [0.25, 0.3) is 0 Å². The number of carbonyl (C=O) groups is 2. The molecule has 1 amide bonds. The first-order chi connectivity index (χ1) is 15.8. The van der Waals surface area contributed by atoms with Crippen molar-refractivity contribution in [3.63, 3.8) is 0 Å². The minimum Gasteiger partial charge on any atom is -0.460 e. The molecule has 33 heavy (non-hydrogen) atoms. The number of hydrogen-bond acceptors (Lipinski definition) is 9. The number of esters is 1. The van der Waals surface area contributed by atoms with Crippen LogP contribution in [-0.2, 0) is 27.3 Å². The van der Waals surface area contributed by atoms with Crippen molar-refractivity contribution in [1.29, 1.82) is 0 Å². The van der Waals surface area contributed by atoms with Crippen molar-refractivity contribution in [2.24, 2.45) is 0 Å². The monoisotopic (exact) mass is 491 g/mol. The van der Waals surface area contributed by atoms with Crippen molar-refractivity contribution in [1.82, 2.24) is 25.1 Å². The molecule has 0 spiro atoms. The van der Waals surface area contributed by atoms with E-state index >= 15 is 0 Å². The van der Waals surface area contributed by atoms with Crippen LogP contribution in [0.25, 0.3) is 4.96 Å². The largest absolute Gasteiger partial charge is 0.460 e. The molecule has 0 aliphatic rings. The van der Waals surface area contributed by atoms with E-state index in [0.717, 1.165) is 41.4 Å². The number of alkyl carbamates (subject to hydrolysis) is 1. The number of carbonyl (C=O) groups excluding carboxylic acids is 2. The van der Waals surface area contributed by atoms with Gasteiger partial charge in [0.05, 0.1) is 5.75 Å². The molecule has 1 aromatic carbocycles. The highest BCUT2D eigenvalue weighted by Crippen LogP contribution is 2.25. The maximum atomic E-state index is 12.0. The maximum absolute atomic E-state index is 12.0. The summed E-state index contributed by atoms with van der Waals surface area (Å²) in [4.78, 5) is 24.3. The Morgan fingerprint density at radius 2 is 1.91 bits per heavy atom. The highest BCUT2D eigenvalue weighted by Gasteiger charge is 2.16. The number of amides is 1. The summed E-state index contributed by atoms with van der Waals surface area (Å²) in [6.45, 7) is 6.36. The number of ether oxygens (including phenoxy) is 2. The number of rotatable bonds is 11. The van der Waals surface area contributed by atoms with E-state index in [-0.39, 0.29) is 18.3 Å². The number of unbranched alkanes of at least 4 members (excludes halogenated alkanes) is 2. The van der Waals surface area contributed by atoms with Gasteiger partial charge in [-0.25, -0.2) is 4.79 Å². The second kappa shape index (κ2) is 12.0. The molecule has 2 aromatic heterocycles. The molecule has 0 fully saturated rings. The van der Waals surface area contributed by atoms with Gasteiger partial charge in [-0.2, -0.15) is 4.52 Å². The van der Waals surface area contributed by atoms with Gasteiger partial charge in [-0.05, 0) is 39.2 Å². The lowest BCUT2D eigenvalue weighted by molar-refractivity contribution is -0.141. The SMILES string of the molecule is CC(C)(C)OC(=O)NCCCCCc1nnc2sc(SCC(=O)OCc3ccccc3)nn12. The van der Waals surface area contributed by atoms with Crippen molar-refractivity contribution in [3.8, 4) is 0 Å². The second-order valence-electron chi connectivity index (χ2n) is 8.35. The summed E-state index contributed by atoms with van der Waals surface area (Å²) in [7, 11) is 0. The summed E-state index contributed by atoms with van der Waals surface area (Å²) < 4.78 is 13.0. The zero-order valence-electron chi connectivity index (χ0n) is 19.1. The Balaban J connectivity index is 1.36. The Kier molecular flexibility index (Phi) is 9.07. The van der Waals surface area contributed by atoms with E-state index < -0.39 is 11.7 Å². The zero-order valence-corrected chi connectivity index (χ0v) is 20.7. The number of nitrogens with zero attached hydrogens (tertiary/aromatic N) is 4. The zero-order chi connectivity index (χ0) is 23.7. The summed E-state index contributed by atoms with van der Waals surface area (Å²) in [5.74, 6) is 0.701.